The van der Waals surface area contributed by atoms with Gasteiger partial charge in [-0.05, 0) is 57.7 Å². The smallest absolute Gasteiger partial charge is 0.0217 e. The normalized spacial score (nSPS) is 34.7. The Labute approximate surface area is 114 Å². The maximum absolute atomic E-state index is 3.75. The van der Waals surface area contributed by atoms with Gasteiger partial charge in [0.2, 0.25) is 0 Å². The summed E-state index contributed by atoms with van der Waals surface area (Å²) >= 11 is 0. The van der Waals surface area contributed by atoms with Crippen molar-refractivity contribution in [2.45, 2.75) is 64.3 Å². The molecule has 0 aromatic rings. The minimum Gasteiger partial charge on any atom is -0.315 e. The molecule has 1 atom stereocenters. The van der Waals surface area contributed by atoms with Crippen molar-refractivity contribution in [1.29, 1.82) is 0 Å². The zero-order chi connectivity index (χ0) is 12.8. The molecule has 0 aromatic carbocycles. The van der Waals surface area contributed by atoms with E-state index in [0.717, 1.165) is 17.9 Å². The number of hydrogen-bond acceptors (Lipinski definition) is 2. The molecule has 2 aliphatic rings. The Morgan fingerprint density at radius 3 is 2.33 bits per heavy atom. The molecule has 1 aliphatic carbocycles. The van der Waals surface area contributed by atoms with E-state index in [9.17, 15) is 0 Å². The first-order valence-corrected chi connectivity index (χ1v) is 8.20. The molecule has 18 heavy (non-hydrogen) atoms. The average molecular weight is 252 g/mol. The van der Waals surface area contributed by atoms with Gasteiger partial charge < -0.3 is 10.2 Å². The highest BCUT2D eigenvalue weighted by Crippen LogP contribution is 2.30. The van der Waals surface area contributed by atoms with Crippen molar-refractivity contribution in [3.05, 3.63) is 0 Å². The van der Waals surface area contributed by atoms with Crippen LogP contribution in [-0.4, -0.2) is 37.6 Å². The highest BCUT2D eigenvalue weighted by Gasteiger charge is 2.21. The van der Waals surface area contributed by atoms with Crippen LogP contribution in [0.25, 0.3) is 0 Å². The molecule has 0 bridgehead atoms. The van der Waals surface area contributed by atoms with Crippen LogP contribution in [0.3, 0.4) is 0 Å². The van der Waals surface area contributed by atoms with E-state index in [-0.39, 0.29) is 0 Å². The number of nitrogens with zero attached hydrogens (tertiary/aromatic N) is 1. The molecule has 106 valence electrons. The summed E-state index contributed by atoms with van der Waals surface area (Å²) in [4.78, 5) is 2.55. The highest BCUT2D eigenvalue weighted by atomic mass is 15.2. The van der Waals surface area contributed by atoms with E-state index in [2.05, 4.69) is 24.2 Å². The lowest BCUT2D eigenvalue weighted by atomic mass is 9.81. The van der Waals surface area contributed by atoms with Crippen LogP contribution in [0.5, 0.6) is 0 Å². The quantitative estimate of drug-likeness (QED) is 0.808. The summed E-state index contributed by atoms with van der Waals surface area (Å²) in [5.41, 5.74) is 0. The van der Waals surface area contributed by atoms with Crippen LogP contribution in [0.4, 0.5) is 0 Å². The molecule has 2 rings (SSSR count). The fraction of sp³-hybridized carbons (Fsp3) is 1.00. The Balaban J connectivity index is 1.58. The van der Waals surface area contributed by atoms with E-state index in [1.54, 1.807) is 0 Å². The van der Waals surface area contributed by atoms with Gasteiger partial charge in [-0.25, -0.2) is 0 Å². The molecular formula is C16H32N2. The van der Waals surface area contributed by atoms with E-state index in [1.165, 1.54) is 71.0 Å². The summed E-state index contributed by atoms with van der Waals surface area (Å²) < 4.78 is 0. The Hall–Kier alpha value is -0.0800. The van der Waals surface area contributed by atoms with Gasteiger partial charge in [-0.2, -0.15) is 0 Å². The monoisotopic (exact) mass is 252 g/mol. The van der Waals surface area contributed by atoms with Gasteiger partial charge in [-0.1, -0.05) is 32.6 Å². The maximum Gasteiger partial charge on any atom is 0.0217 e. The molecule has 1 aliphatic heterocycles. The highest BCUT2D eigenvalue weighted by molar-refractivity contribution is 4.78. The molecule has 2 heteroatoms. The largest absolute Gasteiger partial charge is 0.315 e. The second-order valence-corrected chi connectivity index (χ2v) is 6.58. The summed E-state index contributed by atoms with van der Waals surface area (Å²) in [5, 5.41) is 3.75. The van der Waals surface area contributed by atoms with Crippen LogP contribution in [0.15, 0.2) is 0 Å². The van der Waals surface area contributed by atoms with Crippen molar-refractivity contribution >= 4 is 0 Å². The molecule has 0 aromatic heterocycles. The van der Waals surface area contributed by atoms with Crippen LogP contribution in [0.2, 0.25) is 0 Å². The van der Waals surface area contributed by atoms with Gasteiger partial charge >= 0.3 is 0 Å². The molecule has 2 fully saturated rings. The van der Waals surface area contributed by atoms with E-state index in [1.807, 2.05) is 0 Å². The molecular weight excluding hydrogens is 220 g/mol. The SMILES string of the molecule is CCC1CCC(CNCC2CCCCN2C)CC1. The number of rotatable bonds is 5. The molecule has 0 amide bonds. The van der Waals surface area contributed by atoms with E-state index in [0.29, 0.717) is 0 Å². The molecule has 1 heterocycles. The standard InChI is InChI=1S/C16H32N2/c1-3-14-7-9-15(10-8-14)12-17-13-16-6-4-5-11-18(16)2/h14-17H,3-13H2,1-2H3. The lowest BCUT2D eigenvalue weighted by Crippen LogP contribution is -2.44. The first-order valence-electron chi connectivity index (χ1n) is 8.20. The molecule has 1 N–H and O–H groups in total. The number of nitrogens with one attached hydrogen (secondary N) is 1. The zero-order valence-electron chi connectivity index (χ0n) is 12.5. The molecule has 1 saturated heterocycles. The van der Waals surface area contributed by atoms with Crippen LogP contribution >= 0.6 is 0 Å². The van der Waals surface area contributed by atoms with Crippen LogP contribution in [0.1, 0.15) is 58.3 Å². The van der Waals surface area contributed by atoms with Gasteiger partial charge in [0.25, 0.3) is 0 Å². The lowest BCUT2D eigenvalue weighted by Gasteiger charge is -2.33. The first-order chi connectivity index (χ1) is 8.79. The number of likely N-dealkylation sites (N-methyl/N-ethyl adjacent to an activating group) is 1. The Kier molecular flexibility index (Phi) is 5.97. The van der Waals surface area contributed by atoms with Crippen molar-refractivity contribution in [3.63, 3.8) is 0 Å². The van der Waals surface area contributed by atoms with Crippen molar-refractivity contribution in [3.8, 4) is 0 Å². The number of piperidine rings is 1. The maximum atomic E-state index is 3.75. The third kappa shape index (κ3) is 4.24. The minimum absolute atomic E-state index is 0.797. The molecule has 0 spiro atoms. The summed E-state index contributed by atoms with van der Waals surface area (Å²) in [6, 6.07) is 0.797. The summed E-state index contributed by atoms with van der Waals surface area (Å²) in [7, 11) is 2.29. The second kappa shape index (κ2) is 7.49. The molecule has 2 nitrogen and oxygen atoms in total. The number of hydrogen-bond donors (Lipinski definition) is 1. The van der Waals surface area contributed by atoms with Crippen molar-refractivity contribution in [2.24, 2.45) is 11.8 Å². The molecule has 1 unspecified atom stereocenters. The lowest BCUT2D eigenvalue weighted by molar-refractivity contribution is 0.176. The Morgan fingerprint density at radius 2 is 1.67 bits per heavy atom. The second-order valence-electron chi connectivity index (χ2n) is 6.58. The van der Waals surface area contributed by atoms with Gasteiger partial charge in [-0.3, -0.25) is 0 Å². The third-order valence-electron chi connectivity index (χ3n) is 5.28. The van der Waals surface area contributed by atoms with Gasteiger partial charge in [0, 0.05) is 12.6 Å². The van der Waals surface area contributed by atoms with Crippen LogP contribution in [-0.2, 0) is 0 Å². The fourth-order valence-corrected chi connectivity index (χ4v) is 3.70. The summed E-state index contributed by atoms with van der Waals surface area (Å²) in [6.07, 6.45) is 11.5. The van der Waals surface area contributed by atoms with E-state index < -0.39 is 0 Å². The predicted octanol–water partition coefficient (Wildman–Crippen LogP) is 3.28. The van der Waals surface area contributed by atoms with Gasteiger partial charge in [0.1, 0.15) is 0 Å². The third-order valence-corrected chi connectivity index (χ3v) is 5.28. The zero-order valence-corrected chi connectivity index (χ0v) is 12.5. The van der Waals surface area contributed by atoms with Gasteiger partial charge in [0.05, 0.1) is 0 Å². The van der Waals surface area contributed by atoms with Gasteiger partial charge in [0.15, 0.2) is 0 Å². The Morgan fingerprint density at radius 1 is 0.944 bits per heavy atom. The molecule has 0 radical (unpaired) electrons. The summed E-state index contributed by atoms with van der Waals surface area (Å²) in [5.74, 6) is 1.99. The van der Waals surface area contributed by atoms with Crippen LogP contribution < -0.4 is 5.32 Å². The van der Waals surface area contributed by atoms with Crippen molar-refractivity contribution in [1.82, 2.24) is 10.2 Å². The predicted molar refractivity (Wildman–Crippen MR) is 78.9 cm³/mol. The fourth-order valence-electron chi connectivity index (χ4n) is 3.70. The Bertz CT molecular complexity index is 221. The van der Waals surface area contributed by atoms with Crippen LogP contribution in [0, 0.1) is 11.8 Å². The van der Waals surface area contributed by atoms with Gasteiger partial charge in [-0.15, -0.1) is 0 Å². The minimum atomic E-state index is 0.797. The summed E-state index contributed by atoms with van der Waals surface area (Å²) in [6.45, 7) is 6.13. The van der Waals surface area contributed by atoms with E-state index in [4.69, 9.17) is 0 Å². The van der Waals surface area contributed by atoms with Crippen molar-refractivity contribution in [2.75, 3.05) is 26.7 Å². The topological polar surface area (TPSA) is 15.3 Å². The number of likely N-dealkylation sites (tertiary alicyclic amines) is 1. The molecule has 1 saturated carbocycles. The van der Waals surface area contributed by atoms with E-state index >= 15 is 0 Å². The first kappa shape index (κ1) is 14.3. The average Bonchev–Trinajstić information content (AvgIpc) is 2.42. The van der Waals surface area contributed by atoms with Crippen molar-refractivity contribution < 1.29 is 0 Å².